The lowest BCUT2D eigenvalue weighted by molar-refractivity contribution is 0.672. The Labute approximate surface area is 270 Å². The molecule has 0 fully saturated rings. The first-order chi connectivity index (χ1) is 23.3. The maximum Gasteiger partial charge on any atom is 0.183 e. The molecule has 9 rings (SSSR count). The van der Waals surface area contributed by atoms with E-state index in [9.17, 15) is 0 Å². The van der Waals surface area contributed by atoms with E-state index in [4.69, 9.17) is 24.4 Å². The second kappa shape index (κ2) is 11.2. The van der Waals surface area contributed by atoms with Crippen molar-refractivity contribution < 1.29 is 4.42 Å². The fraction of sp³-hybridized carbons (Fsp3) is 0. The van der Waals surface area contributed by atoms with Crippen molar-refractivity contribution in [1.82, 2.24) is 19.9 Å². The number of hydrogen-bond donors (Lipinski definition) is 0. The van der Waals surface area contributed by atoms with E-state index in [1.165, 1.54) is 11.1 Å². The molecule has 5 heteroatoms. The van der Waals surface area contributed by atoms with Gasteiger partial charge in [-0.25, -0.2) is 15.0 Å². The van der Waals surface area contributed by atoms with Gasteiger partial charge in [0.15, 0.2) is 17.5 Å². The van der Waals surface area contributed by atoms with Gasteiger partial charge < -0.3 is 4.42 Å². The van der Waals surface area contributed by atoms with E-state index < -0.39 is 0 Å². The second-order valence-corrected chi connectivity index (χ2v) is 11.5. The zero-order valence-electron chi connectivity index (χ0n) is 25.2. The Morgan fingerprint density at radius 3 is 1.55 bits per heavy atom. The molecule has 0 aliphatic heterocycles. The number of fused-ring (bicyclic) bond motifs is 5. The molecule has 47 heavy (non-hydrogen) atoms. The minimum absolute atomic E-state index is 0.496. The Balaban J connectivity index is 1.16. The summed E-state index contributed by atoms with van der Waals surface area (Å²) < 4.78 is 6.43. The number of hydrogen-bond acceptors (Lipinski definition) is 5. The Morgan fingerprint density at radius 2 is 0.894 bits per heavy atom. The molecule has 0 aliphatic rings. The van der Waals surface area contributed by atoms with Crippen LogP contribution >= 0.6 is 0 Å². The van der Waals surface area contributed by atoms with Crippen LogP contribution in [0.3, 0.4) is 0 Å². The normalized spacial score (nSPS) is 11.4. The van der Waals surface area contributed by atoms with Crippen LogP contribution < -0.4 is 0 Å². The quantitative estimate of drug-likeness (QED) is 0.196. The molecule has 0 radical (unpaired) electrons. The van der Waals surface area contributed by atoms with Gasteiger partial charge in [-0.05, 0) is 39.8 Å². The van der Waals surface area contributed by atoms with Crippen LogP contribution in [0.2, 0.25) is 0 Å². The number of benzene rings is 6. The maximum absolute atomic E-state index is 6.43. The molecule has 0 unspecified atom stereocenters. The molecule has 5 nitrogen and oxygen atoms in total. The van der Waals surface area contributed by atoms with Crippen molar-refractivity contribution in [2.45, 2.75) is 0 Å². The lowest BCUT2D eigenvalue weighted by Gasteiger charge is -2.09. The summed E-state index contributed by atoms with van der Waals surface area (Å²) in [5.41, 5.74) is 8.70. The lowest BCUT2D eigenvalue weighted by Crippen LogP contribution is -2.01. The van der Waals surface area contributed by atoms with Gasteiger partial charge in [0.2, 0.25) is 0 Å². The van der Waals surface area contributed by atoms with Gasteiger partial charge in [0.1, 0.15) is 16.9 Å². The number of nitrogens with zero attached hydrogens (tertiary/aromatic N) is 4. The first-order valence-corrected chi connectivity index (χ1v) is 15.6. The van der Waals surface area contributed by atoms with Crippen molar-refractivity contribution in [2.75, 3.05) is 0 Å². The summed E-state index contributed by atoms with van der Waals surface area (Å²) in [6.45, 7) is 0. The summed E-state index contributed by atoms with van der Waals surface area (Å²) in [5, 5.41) is 4.05. The molecule has 0 bridgehead atoms. The fourth-order valence-electron chi connectivity index (χ4n) is 6.24. The predicted molar refractivity (Wildman–Crippen MR) is 190 cm³/mol. The molecule has 3 aromatic heterocycles. The van der Waals surface area contributed by atoms with E-state index in [1.807, 2.05) is 54.6 Å². The summed E-state index contributed by atoms with van der Waals surface area (Å²) in [6.07, 6.45) is 1.76. The molecule has 0 spiro atoms. The first-order valence-electron chi connectivity index (χ1n) is 15.6. The molecule has 0 aliphatic carbocycles. The Morgan fingerprint density at radius 1 is 0.383 bits per heavy atom. The van der Waals surface area contributed by atoms with E-state index in [0.29, 0.717) is 23.2 Å². The van der Waals surface area contributed by atoms with Crippen LogP contribution in [0.5, 0.6) is 0 Å². The highest BCUT2D eigenvalue weighted by molar-refractivity contribution is 6.18. The molecule has 9 aromatic rings. The van der Waals surface area contributed by atoms with Gasteiger partial charge in [0.05, 0.1) is 5.39 Å². The Bertz CT molecular complexity index is 2540. The minimum Gasteiger partial charge on any atom is -0.455 e. The summed E-state index contributed by atoms with van der Waals surface area (Å²) in [4.78, 5) is 19.8. The summed E-state index contributed by atoms with van der Waals surface area (Å²) >= 11 is 0. The van der Waals surface area contributed by atoms with Crippen molar-refractivity contribution in [2.24, 2.45) is 0 Å². The van der Waals surface area contributed by atoms with Crippen LogP contribution in [-0.4, -0.2) is 19.9 Å². The summed E-state index contributed by atoms with van der Waals surface area (Å²) in [5.74, 6) is 1.66. The van der Waals surface area contributed by atoms with E-state index in [2.05, 4.69) is 97.1 Å². The van der Waals surface area contributed by atoms with Gasteiger partial charge in [-0.1, -0.05) is 140 Å². The Hall–Kier alpha value is -6.46. The number of rotatable bonds is 5. The smallest absolute Gasteiger partial charge is 0.183 e. The predicted octanol–water partition coefficient (Wildman–Crippen LogP) is 10.7. The largest absolute Gasteiger partial charge is 0.455 e. The van der Waals surface area contributed by atoms with E-state index in [1.54, 1.807) is 6.20 Å². The van der Waals surface area contributed by atoms with Gasteiger partial charge in [-0.2, -0.15) is 0 Å². The monoisotopic (exact) mass is 602 g/mol. The van der Waals surface area contributed by atoms with Gasteiger partial charge in [-0.3, -0.25) is 4.98 Å². The maximum atomic E-state index is 6.43. The zero-order valence-corrected chi connectivity index (χ0v) is 25.2. The van der Waals surface area contributed by atoms with Crippen LogP contribution in [0.15, 0.2) is 162 Å². The molecule has 220 valence electrons. The third-order valence-corrected chi connectivity index (χ3v) is 8.62. The van der Waals surface area contributed by atoms with Crippen molar-refractivity contribution >= 4 is 32.7 Å². The van der Waals surface area contributed by atoms with Crippen LogP contribution in [0, 0.1) is 0 Å². The van der Waals surface area contributed by atoms with Gasteiger partial charge in [0, 0.05) is 28.1 Å². The van der Waals surface area contributed by atoms with Gasteiger partial charge in [0.25, 0.3) is 0 Å². The van der Waals surface area contributed by atoms with E-state index >= 15 is 0 Å². The van der Waals surface area contributed by atoms with E-state index in [0.717, 1.165) is 55.0 Å². The number of pyridine rings is 1. The van der Waals surface area contributed by atoms with Crippen molar-refractivity contribution in [3.8, 4) is 56.5 Å². The second-order valence-electron chi connectivity index (χ2n) is 11.5. The lowest BCUT2D eigenvalue weighted by atomic mass is 9.99. The van der Waals surface area contributed by atoms with Gasteiger partial charge >= 0.3 is 0 Å². The molecular weight excluding hydrogens is 576 g/mol. The standard InChI is InChI=1S/C42H26N4O/c1-3-9-27(10-4-1)28-15-17-29(18-16-28)30-19-21-33(22-20-30)41-44-40(32-12-5-2-6-13-32)45-42(46-41)38-37-35-24-23-31-11-7-8-14-34(31)39(35)47-36(37)25-26-43-38/h1-26H. The van der Waals surface area contributed by atoms with Crippen molar-refractivity contribution in [3.63, 3.8) is 0 Å². The third kappa shape index (κ3) is 4.82. The average Bonchev–Trinajstić information content (AvgIpc) is 3.55. The molecule has 3 heterocycles. The van der Waals surface area contributed by atoms with Crippen LogP contribution in [0.1, 0.15) is 0 Å². The van der Waals surface area contributed by atoms with Crippen molar-refractivity contribution in [1.29, 1.82) is 0 Å². The van der Waals surface area contributed by atoms with Crippen molar-refractivity contribution in [3.05, 3.63) is 158 Å². The van der Waals surface area contributed by atoms with Crippen LogP contribution in [-0.2, 0) is 0 Å². The molecule has 0 N–H and O–H groups in total. The molecule has 0 saturated heterocycles. The zero-order chi connectivity index (χ0) is 31.2. The highest BCUT2D eigenvalue weighted by Crippen LogP contribution is 2.38. The van der Waals surface area contributed by atoms with Gasteiger partial charge in [-0.15, -0.1) is 0 Å². The summed E-state index contributed by atoms with van der Waals surface area (Å²) in [6, 6.07) is 51.8. The molecule has 0 amide bonds. The van der Waals surface area contributed by atoms with Crippen LogP contribution in [0.25, 0.3) is 89.3 Å². The number of furan rings is 1. The third-order valence-electron chi connectivity index (χ3n) is 8.62. The molecule has 0 saturated carbocycles. The van der Waals surface area contributed by atoms with E-state index in [-0.39, 0.29) is 0 Å². The molecule has 6 aromatic carbocycles. The van der Waals surface area contributed by atoms with Crippen LogP contribution in [0.4, 0.5) is 0 Å². The first kappa shape index (κ1) is 26.9. The Kier molecular flexibility index (Phi) is 6.39. The topological polar surface area (TPSA) is 64.7 Å². The SMILES string of the molecule is c1ccc(-c2ccc(-c3ccc(-c4nc(-c5ccccc5)nc(-c5nccc6oc7c8ccccc8ccc7c56)n4)cc3)cc2)cc1. The summed E-state index contributed by atoms with van der Waals surface area (Å²) in [7, 11) is 0. The molecule has 0 atom stereocenters. The highest BCUT2D eigenvalue weighted by Gasteiger charge is 2.20. The highest BCUT2D eigenvalue weighted by atomic mass is 16.3. The number of aromatic nitrogens is 4. The molecular formula is C42H26N4O. The minimum atomic E-state index is 0.496. The fourth-order valence-corrected chi connectivity index (χ4v) is 6.24. The average molecular weight is 603 g/mol.